The third-order valence-corrected chi connectivity index (χ3v) is 4.31. The fraction of sp³-hybridized carbons (Fsp3) is 0.533. The quantitative estimate of drug-likeness (QED) is 0.417. The molecule has 0 aliphatic carbocycles. The first-order valence-electron chi connectivity index (χ1n) is 8.27. The molecular weight excluding hydrogens is 346 g/mol. The molecule has 1 amide bonds. The van der Waals surface area contributed by atoms with Gasteiger partial charge in [0, 0.05) is 45.3 Å². The van der Waals surface area contributed by atoms with E-state index in [4.69, 9.17) is 4.74 Å². The van der Waals surface area contributed by atoms with Gasteiger partial charge in [-0.3, -0.25) is 29.9 Å². The summed E-state index contributed by atoms with van der Waals surface area (Å²) in [4.78, 5) is 37.3. The van der Waals surface area contributed by atoms with Gasteiger partial charge in [0.25, 0.3) is 17.3 Å². The number of hydrogen-bond donors (Lipinski definition) is 1. The van der Waals surface area contributed by atoms with Crippen molar-refractivity contribution in [1.82, 2.24) is 10.2 Å². The van der Waals surface area contributed by atoms with Crippen molar-refractivity contribution >= 4 is 23.0 Å². The maximum atomic E-state index is 12.6. The van der Waals surface area contributed by atoms with Crippen LogP contribution in [0, 0.1) is 20.2 Å². The van der Waals surface area contributed by atoms with Gasteiger partial charge in [-0.2, -0.15) is 0 Å². The second-order valence-electron chi connectivity index (χ2n) is 6.07. The molecule has 11 heteroatoms. The van der Waals surface area contributed by atoms with Crippen LogP contribution >= 0.6 is 0 Å². The van der Waals surface area contributed by atoms with Crippen LogP contribution in [0.1, 0.15) is 10.4 Å². The molecule has 0 bridgehead atoms. The van der Waals surface area contributed by atoms with Crippen LogP contribution in [0.2, 0.25) is 0 Å². The molecule has 1 N–H and O–H groups in total. The number of nitrogens with one attached hydrogen (secondary N) is 1. The first-order chi connectivity index (χ1) is 12.5. The molecule has 1 aromatic carbocycles. The summed E-state index contributed by atoms with van der Waals surface area (Å²) in [6.45, 7) is 4.95. The van der Waals surface area contributed by atoms with Crippen LogP contribution < -0.4 is 10.2 Å². The molecule has 140 valence electrons. The third kappa shape index (κ3) is 4.06. The number of benzene rings is 1. The minimum atomic E-state index is -0.733. The molecule has 2 saturated heterocycles. The van der Waals surface area contributed by atoms with Gasteiger partial charge in [-0.25, -0.2) is 0 Å². The van der Waals surface area contributed by atoms with Crippen LogP contribution in [0.4, 0.5) is 17.1 Å². The number of ether oxygens (including phenoxy) is 1. The molecule has 26 heavy (non-hydrogen) atoms. The predicted octanol–water partition coefficient (Wildman–Crippen LogP) is 0.385. The van der Waals surface area contributed by atoms with E-state index in [9.17, 15) is 25.0 Å². The van der Waals surface area contributed by atoms with E-state index < -0.39 is 27.1 Å². The summed E-state index contributed by atoms with van der Waals surface area (Å²) in [6.07, 6.45) is 0. The molecule has 0 radical (unpaired) electrons. The Hall–Kier alpha value is -2.79. The van der Waals surface area contributed by atoms with E-state index in [1.807, 2.05) is 0 Å². The van der Waals surface area contributed by atoms with Crippen LogP contribution in [0.15, 0.2) is 12.1 Å². The Morgan fingerprint density at radius 3 is 2.38 bits per heavy atom. The average molecular weight is 365 g/mol. The summed E-state index contributed by atoms with van der Waals surface area (Å²) in [5.74, 6) is -0.549. The number of carbonyl (C=O) groups is 1. The number of carbonyl (C=O) groups excluding carboxylic acids is 1. The number of morpholine rings is 1. The second kappa shape index (κ2) is 7.62. The normalized spacial score (nSPS) is 17.0. The lowest BCUT2D eigenvalue weighted by Crippen LogP contribution is -2.41. The molecule has 2 aliphatic heterocycles. The molecule has 3 rings (SSSR count). The number of rotatable bonds is 7. The number of nitro groups is 2. The van der Waals surface area contributed by atoms with E-state index in [1.54, 1.807) is 4.90 Å². The summed E-state index contributed by atoms with van der Waals surface area (Å²) < 4.78 is 5.25. The van der Waals surface area contributed by atoms with Crippen LogP contribution in [-0.2, 0) is 4.74 Å². The highest BCUT2D eigenvalue weighted by atomic mass is 16.6. The van der Waals surface area contributed by atoms with Gasteiger partial charge in [-0.1, -0.05) is 0 Å². The molecule has 2 fully saturated rings. The summed E-state index contributed by atoms with van der Waals surface area (Å²) >= 11 is 0. The Balaban J connectivity index is 1.78. The smallest absolute Gasteiger partial charge is 0.300 e. The van der Waals surface area contributed by atoms with E-state index in [0.29, 0.717) is 39.4 Å². The lowest BCUT2D eigenvalue weighted by molar-refractivity contribution is -0.393. The van der Waals surface area contributed by atoms with Crippen molar-refractivity contribution in [3.63, 3.8) is 0 Å². The van der Waals surface area contributed by atoms with Gasteiger partial charge in [0.05, 0.1) is 34.7 Å². The van der Waals surface area contributed by atoms with E-state index in [1.165, 1.54) is 0 Å². The van der Waals surface area contributed by atoms with Crippen LogP contribution in [0.3, 0.4) is 0 Å². The molecule has 2 heterocycles. The van der Waals surface area contributed by atoms with Crippen molar-refractivity contribution in [2.75, 3.05) is 57.4 Å². The minimum absolute atomic E-state index is 0.0367. The first-order valence-corrected chi connectivity index (χ1v) is 8.27. The van der Waals surface area contributed by atoms with Gasteiger partial charge in [0.2, 0.25) is 0 Å². The van der Waals surface area contributed by atoms with Crippen molar-refractivity contribution < 1.29 is 19.4 Å². The van der Waals surface area contributed by atoms with Gasteiger partial charge in [-0.05, 0) is 0 Å². The summed E-state index contributed by atoms with van der Waals surface area (Å²) in [5.41, 5.74) is -0.787. The van der Waals surface area contributed by atoms with Crippen molar-refractivity contribution in [3.05, 3.63) is 37.9 Å². The zero-order valence-corrected chi connectivity index (χ0v) is 14.0. The molecule has 0 aromatic heterocycles. The Bertz CT molecular complexity index is 729. The Morgan fingerprint density at radius 1 is 1.12 bits per heavy atom. The fourth-order valence-corrected chi connectivity index (χ4v) is 2.88. The number of nitrogens with zero attached hydrogens (tertiary/aromatic N) is 4. The fourth-order valence-electron chi connectivity index (χ4n) is 2.88. The summed E-state index contributed by atoms with van der Waals surface area (Å²) in [7, 11) is 0. The Morgan fingerprint density at radius 2 is 1.81 bits per heavy atom. The number of nitro benzene ring substituents is 2. The van der Waals surface area contributed by atoms with E-state index >= 15 is 0 Å². The highest BCUT2D eigenvalue weighted by Crippen LogP contribution is 2.38. The molecular formula is C15H19N5O6. The Labute approximate surface area is 148 Å². The van der Waals surface area contributed by atoms with E-state index in [0.717, 1.165) is 25.2 Å². The number of hydrogen-bond acceptors (Lipinski definition) is 8. The topological polar surface area (TPSA) is 131 Å². The molecule has 2 aliphatic rings. The summed E-state index contributed by atoms with van der Waals surface area (Å²) in [6, 6.07) is 2.00. The van der Waals surface area contributed by atoms with Gasteiger partial charge >= 0.3 is 0 Å². The van der Waals surface area contributed by atoms with E-state index in [-0.39, 0.29) is 11.3 Å². The van der Waals surface area contributed by atoms with Gasteiger partial charge in [-0.15, -0.1) is 0 Å². The van der Waals surface area contributed by atoms with Crippen molar-refractivity contribution in [1.29, 1.82) is 0 Å². The third-order valence-electron chi connectivity index (χ3n) is 4.31. The zero-order chi connectivity index (χ0) is 18.7. The predicted molar refractivity (Wildman–Crippen MR) is 91.6 cm³/mol. The average Bonchev–Trinajstić information content (AvgIpc) is 3.46. The largest absolute Gasteiger partial charge is 0.379 e. The molecule has 0 unspecified atom stereocenters. The van der Waals surface area contributed by atoms with Crippen LogP contribution in [0.25, 0.3) is 0 Å². The number of non-ortho nitro benzene ring substituents is 1. The molecule has 11 nitrogen and oxygen atoms in total. The lowest BCUT2D eigenvalue weighted by Gasteiger charge is -2.26. The lowest BCUT2D eigenvalue weighted by atomic mass is 10.1. The summed E-state index contributed by atoms with van der Waals surface area (Å²) in [5, 5.41) is 25.1. The first kappa shape index (κ1) is 18.0. The molecule has 0 spiro atoms. The highest BCUT2D eigenvalue weighted by Gasteiger charge is 2.34. The number of anilines is 1. The van der Waals surface area contributed by atoms with Gasteiger partial charge in [0.1, 0.15) is 5.69 Å². The number of amides is 1. The SMILES string of the molecule is O=C(NCCN1CCOCC1)c1cc([N+](=O)[O-])cc([N+](=O)[O-])c1N1CC1. The molecule has 0 atom stereocenters. The van der Waals surface area contributed by atoms with Gasteiger partial charge < -0.3 is 15.0 Å². The molecule has 1 aromatic rings. The second-order valence-corrected chi connectivity index (χ2v) is 6.07. The van der Waals surface area contributed by atoms with Crippen molar-refractivity contribution in [2.24, 2.45) is 0 Å². The monoisotopic (exact) mass is 365 g/mol. The van der Waals surface area contributed by atoms with Crippen LogP contribution in [0.5, 0.6) is 0 Å². The highest BCUT2D eigenvalue weighted by molar-refractivity contribution is 6.03. The van der Waals surface area contributed by atoms with E-state index in [2.05, 4.69) is 10.2 Å². The zero-order valence-electron chi connectivity index (χ0n) is 14.0. The van der Waals surface area contributed by atoms with Gasteiger partial charge in [0.15, 0.2) is 0 Å². The maximum absolute atomic E-state index is 12.6. The Kier molecular flexibility index (Phi) is 5.28. The van der Waals surface area contributed by atoms with Crippen LogP contribution in [-0.4, -0.2) is 73.1 Å². The van der Waals surface area contributed by atoms with Crippen molar-refractivity contribution in [3.8, 4) is 0 Å². The van der Waals surface area contributed by atoms with Crippen molar-refractivity contribution in [2.45, 2.75) is 0 Å². The minimum Gasteiger partial charge on any atom is -0.379 e. The molecule has 0 saturated carbocycles. The standard InChI is InChI=1S/C15H19N5O6/c21-15(16-1-2-17-5-7-26-8-6-17)12-9-11(19(22)23)10-13(20(24)25)14(12)18-3-4-18/h9-10H,1-8H2,(H,16,21). The maximum Gasteiger partial charge on any atom is 0.300 e.